The van der Waals surface area contributed by atoms with Crippen molar-refractivity contribution in [2.75, 3.05) is 5.73 Å². The maximum Gasteiger partial charge on any atom is 0.150 e. The highest BCUT2D eigenvalue weighted by Crippen LogP contribution is 2.25. The molecule has 0 fully saturated rings. The highest BCUT2D eigenvalue weighted by Gasteiger charge is 2.13. The van der Waals surface area contributed by atoms with E-state index in [-0.39, 0.29) is 0 Å². The normalized spacial score (nSPS) is 10.4. The van der Waals surface area contributed by atoms with Crippen LogP contribution in [0.5, 0.6) is 0 Å². The average Bonchev–Trinajstić information content (AvgIpc) is 2.61. The van der Waals surface area contributed by atoms with Crippen molar-refractivity contribution < 1.29 is 0 Å². The van der Waals surface area contributed by atoms with Gasteiger partial charge in [0.15, 0.2) is 5.82 Å². The first kappa shape index (κ1) is 13.0. The molecule has 2 aromatic rings. The van der Waals surface area contributed by atoms with Gasteiger partial charge in [-0.2, -0.15) is 0 Å². The van der Waals surface area contributed by atoms with Gasteiger partial charge >= 0.3 is 0 Å². The number of halogens is 1. The van der Waals surface area contributed by atoms with Crippen LogP contribution in [-0.4, -0.2) is 14.4 Å². The van der Waals surface area contributed by atoms with Crippen LogP contribution in [0.2, 0.25) is 0 Å². The lowest BCUT2D eigenvalue weighted by atomic mass is 10.2. The number of aromatic nitrogens is 3. The van der Waals surface area contributed by atoms with E-state index in [1.165, 1.54) is 0 Å². The molecule has 0 spiro atoms. The molecule has 0 saturated heterocycles. The number of fused-ring (bicyclic) bond motifs is 1. The molecule has 0 radical (unpaired) electrons. The maximum absolute atomic E-state index is 5.77. The van der Waals surface area contributed by atoms with E-state index in [0.29, 0.717) is 11.7 Å². The smallest absolute Gasteiger partial charge is 0.150 e. The van der Waals surface area contributed by atoms with Crippen LogP contribution >= 0.6 is 15.9 Å². The van der Waals surface area contributed by atoms with Gasteiger partial charge in [0, 0.05) is 18.3 Å². The molecule has 0 aliphatic rings. The number of nitrogen functional groups attached to an aromatic ring is 1. The number of hydrogen-bond donors (Lipinski definition) is 1. The van der Waals surface area contributed by atoms with Crippen LogP contribution in [0.1, 0.15) is 39.4 Å². The van der Waals surface area contributed by atoms with E-state index in [4.69, 9.17) is 5.73 Å². The summed E-state index contributed by atoms with van der Waals surface area (Å²) in [5, 5.41) is 0. The minimum absolute atomic E-state index is 0.357. The molecule has 0 aliphatic carbocycles. The first-order valence-electron chi connectivity index (χ1n) is 5.39. The Bertz CT molecular complexity index is 476. The molecule has 0 aliphatic heterocycles. The molecule has 16 heavy (non-hydrogen) atoms. The zero-order valence-corrected chi connectivity index (χ0v) is 11.6. The van der Waals surface area contributed by atoms with Crippen LogP contribution < -0.4 is 5.73 Å². The predicted octanol–water partition coefficient (Wildman–Crippen LogP) is 3.22. The van der Waals surface area contributed by atoms with Crippen LogP contribution in [0.15, 0.2) is 17.0 Å². The van der Waals surface area contributed by atoms with Crippen molar-refractivity contribution in [2.45, 2.75) is 33.6 Å². The number of rotatable bonds is 1. The first-order chi connectivity index (χ1) is 7.61. The van der Waals surface area contributed by atoms with Crippen molar-refractivity contribution in [3.8, 4) is 0 Å². The highest BCUT2D eigenvalue weighted by molar-refractivity contribution is 9.10. The van der Waals surface area contributed by atoms with E-state index in [2.05, 4.69) is 39.7 Å². The fraction of sp³-hybridized carbons (Fsp3) is 0.455. The number of anilines is 1. The molecule has 88 valence electrons. The summed E-state index contributed by atoms with van der Waals surface area (Å²) in [5.74, 6) is 1.84. The molecule has 0 atom stereocenters. The van der Waals surface area contributed by atoms with Crippen LogP contribution in [-0.2, 0) is 0 Å². The Morgan fingerprint density at radius 1 is 1.38 bits per heavy atom. The summed E-state index contributed by atoms with van der Waals surface area (Å²) in [5.41, 5.74) is 6.61. The summed E-state index contributed by atoms with van der Waals surface area (Å²) >= 11 is 3.38. The average molecular weight is 285 g/mol. The third-order valence-corrected chi connectivity index (χ3v) is 2.64. The Hall–Kier alpha value is -1.10. The van der Waals surface area contributed by atoms with Crippen molar-refractivity contribution in [1.82, 2.24) is 14.4 Å². The fourth-order valence-corrected chi connectivity index (χ4v) is 2.03. The molecule has 2 aromatic heterocycles. The number of nitrogens with two attached hydrogens (primary N) is 1. The standard InChI is InChI=1S/C9H11BrN4.C2H6/c1-5(2)9-13-7(10)6-8(11)12-3-4-14(6)9;1-2/h3-5H,1-2H3,(H2,11,12);1-2H3. The van der Waals surface area contributed by atoms with Gasteiger partial charge in [-0.1, -0.05) is 27.7 Å². The minimum Gasteiger partial charge on any atom is -0.382 e. The van der Waals surface area contributed by atoms with Gasteiger partial charge in [0.1, 0.15) is 15.9 Å². The molecule has 2 N–H and O–H groups in total. The quantitative estimate of drug-likeness (QED) is 0.875. The molecule has 0 aromatic carbocycles. The Kier molecular flexibility index (Phi) is 4.29. The summed E-state index contributed by atoms with van der Waals surface area (Å²) < 4.78 is 2.73. The minimum atomic E-state index is 0.357. The van der Waals surface area contributed by atoms with Crippen LogP contribution in [0.3, 0.4) is 0 Å². The van der Waals surface area contributed by atoms with E-state index in [9.17, 15) is 0 Å². The molecule has 0 saturated carbocycles. The van der Waals surface area contributed by atoms with Gasteiger partial charge in [0.2, 0.25) is 0 Å². The Morgan fingerprint density at radius 3 is 2.56 bits per heavy atom. The summed E-state index contributed by atoms with van der Waals surface area (Å²) in [7, 11) is 0. The van der Waals surface area contributed by atoms with Gasteiger partial charge in [-0.05, 0) is 15.9 Å². The molecule has 0 bridgehead atoms. The van der Waals surface area contributed by atoms with Crippen molar-refractivity contribution in [3.63, 3.8) is 0 Å². The Labute approximate surface area is 104 Å². The second kappa shape index (κ2) is 5.30. The van der Waals surface area contributed by atoms with Crippen LogP contribution in [0.4, 0.5) is 5.82 Å². The van der Waals surface area contributed by atoms with Gasteiger partial charge in [0.05, 0.1) is 0 Å². The summed E-state index contributed by atoms with van der Waals surface area (Å²) in [6.07, 6.45) is 3.56. The van der Waals surface area contributed by atoms with E-state index >= 15 is 0 Å². The topological polar surface area (TPSA) is 56.2 Å². The maximum atomic E-state index is 5.77. The largest absolute Gasteiger partial charge is 0.382 e. The Balaban J connectivity index is 0.000000606. The molecule has 2 heterocycles. The van der Waals surface area contributed by atoms with E-state index in [1.54, 1.807) is 6.20 Å². The zero-order chi connectivity index (χ0) is 12.3. The van der Waals surface area contributed by atoms with Crippen LogP contribution in [0, 0.1) is 0 Å². The van der Waals surface area contributed by atoms with Gasteiger partial charge in [-0.15, -0.1) is 0 Å². The van der Waals surface area contributed by atoms with Crippen LogP contribution in [0.25, 0.3) is 5.52 Å². The molecule has 2 rings (SSSR count). The van der Waals surface area contributed by atoms with Gasteiger partial charge in [-0.3, -0.25) is 4.40 Å². The molecule has 4 nitrogen and oxygen atoms in total. The predicted molar refractivity (Wildman–Crippen MR) is 70.5 cm³/mol. The van der Waals surface area contributed by atoms with Crippen molar-refractivity contribution in [1.29, 1.82) is 0 Å². The second-order valence-corrected chi connectivity index (χ2v) is 4.20. The van der Waals surface area contributed by atoms with E-state index in [0.717, 1.165) is 15.9 Å². The molecule has 0 amide bonds. The summed E-state index contributed by atoms with van der Waals surface area (Å²) in [4.78, 5) is 8.44. The molecule has 0 unspecified atom stereocenters. The van der Waals surface area contributed by atoms with E-state index < -0.39 is 0 Å². The van der Waals surface area contributed by atoms with E-state index in [1.807, 2.05) is 24.4 Å². The van der Waals surface area contributed by atoms with Crippen molar-refractivity contribution in [3.05, 3.63) is 22.8 Å². The van der Waals surface area contributed by atoms with Gasteiger partial charge < -0.3 is 5.73 Å². The zero-order valence-electron chi connectivity index (χ0n) is 10.0. The van der Waals surface area contributed by atoms with Gasteiger partial charge in [-0.25, -0.2) is 9.97 Å². The van der Waals surface area contributed by atoms with Gasteiger partial charge in [0.25, 0.3) is 0 Å². The third kappa shape index (κ3) is 2.19. The summed E-state index contributed by atoms with van der Waals surface area (Å²) in [6.45, 7) is 8.19. The number of nitrogens with zero attached hydrogens (tertiary/aromatic N) is 3. The lowest BCUT2D eigenvalue weighted by Gasteiger charge is -2.03. The first-order valence-corrected chi connectivity index (χ1v) is 6.18. The second-order valence-electron chi connectivity index (χ2n) is 3.45. The molecular formula is C11H17BrN4. The molecule has 5 heteroatoms. The van der Waals surface area contributed by atoms with Crippen molar-refractivity contribution in [2.24, 2.45) is 0 Å². The number of imidazole rings is 1. The lowest BCUT2D eigenvalue weighted by Crippen LogP contribution is -1.99. The SMILES string of the molecule is CC.CC(C)c1nc(Br)c2c(N)nccn12. The highest BCUT2D eigenvalue weighted by atomic mass is 79.9. The number of hydrogen-bond acceptors (Lipinski definition) is 3. The lowest BCUT2D eigenvalue weighted by molar-refractivity contribution is 0.768. The fourth-order valence-electron chi connectivity index (χ4n) is 1.45. The monoisotopic (exact) mass is 284 g/mol. The third-order valence-electron chi connectivity index (χ3n) is 2.08. The van der Waals surface area contributed by atoms with Crippen molar-refractivity contribution >= 4 is 27.3 Å². The molecular weight excluding hydrogens is 268 g/mol. The summed E-state index contributed by atoms with van der Waals surface area (Å²) in [6, 6.07) is 0. The Morgan fingerprint density at radius 2 is 2.00 bits per heavy atom.